The van der Waals surface area contributed by atoms with Crippen molar-refractivity contribution < 1.29 is 17.9 Å². The number of carbonyl (C=O) groups is 1. The molecule has 0 bridgehead atoms. The molecule has 0 heterocycles. The van der Waals surface area contributed by atoms with E-state index in [9.17, 15) is 13.2 Å². The van der Waals surface area contributed by atoms with E-state index in [1.165, 1.54) is 4.90 Å². The lowest BCUT2D eigenvalue weighted by atomic mass is 10.2. The summed E-state index contributed by atoms with van der Waals surface area (Å²) in [5.74, 6) is -0.178. The average molecular weight is 348 g/mol. The van der Waals surface area contributed by atoms with E-state index in [2.05, 4.69) is 0 Å². The van der Waals surface area contributed by atoms with Crippen LogP contribution < -0.4 is 0 Å². The van der Waals surface area contributed by atoms with Crippen LogP contribution in [-0.2, 0) is 20.3 Å². The first-order chi connectivity index (χ1) is 10.1. The minimum Gasteiger partial charge on any atom is -0.444 e. The largest absolute Gasteiger partial charge is 0.444 e. The van der Waals surface area contributed by atoms with Gasteiger partial charge in [-0.1, -0.05) is 30.3 Å². The number of hydrogen-bond donors (Lipinski definition) is 0. The summed E-state index contributed by atoms with van der Waals surface area (Å²) in [6.45, 7) is 5.98. The van der Waals surface area contributed by atoms with Crippen LogP contribution >= 0.6 is 10.7 Å². The zero-order valence-electron chi connectivity index (χ0n) is 13.1. The summed E-state index contributed by atoms with van der Waals surface area (Å²) in [4.78, 5) is 13.7. The van der Waals surface area contributed by atoms with Crippen molar-refractivity contribution in [1.29, 1.82) is 0 Å². The van der Waals surface area contributed by atoms with E-state index < -0.39 is 20.7 Å². The highest BCUT2D eigenvalue weighted by atomic mass is 35.7. The molecule has 0 aromatic heterocycles. The second-order valence-corrected chi connectivity index (χ2v) is 8.88. The van der Waals surface area contributed by atoms with Gasteiger partial charge in [-0.05, 0) is 32.8 Å². The molecule has 124 valence electrons. The molecule has 0 spiro atoms. The molecule has 0 aliphatic carbocycles. The van der Waals surface area contributed by atoms with Gasteiger partial charge in [0.05, 0.1) is 5.75 Å². The maximum Gasteiger partial charge on any atom is 0.410 e. The van der Waals surface area contributed by atoms with E-state index in [1.807, 2.05) is 30.3 Å². The monoisotopic (exact) mass is 347 g/mol. The molecule has 5 nitrogen and oxygen atoms in total. The molecule has 0 N–H and O–H groups in total. The van der Waals surface area contributed by atoms with Crippen molar-refractivity contribution in [2.45, 2.75) is 39.3 Å². The van der Waals surface area contributed by atoms with Gasteiger partial charge in [-0.15, -0.1) is 0 Å². The van der Waals surface area contributed by atoms with E-state index in [0.717, 1.165) is 5.56 Å². The van der Waals surface area contributed by atoms with Gasteiger partial charge in [-0.25, -0.2) is 13.2 Å². The topological polar surface area (TPSA) is 63.7 Å². The predicted octanol–water partition coefficient (Wildman–Crippen LogP) is 3.38. The van der Waals surface area contributed by atoms with Crippen LogP contribution in [-0.4, -0.2) is 37.3 Å². The van der Waals surface area contributed by atoms with Gasteiger partial charge in [-0.2, -0.15) is 0 Å². The fourth-order valence-corrected chi connectivity index (χ4v) is 2.59. The normalized spacial score (nSPS) is 12.0. The fourth-order valence-electron chi connectivity index (χ4n) is 1.79. The Morgan fingerprint density at radius 2 is 1.82 bits per heavy atom. The van der Waals surface area contributed by atoms with Crippen LogP contribution in [0.25, 0.3) is 0 Å². The zero-order chi connectivity index (χ0) is 16.8. The molecular formula is C15H22ClNO4S. The van der Waals surface area contributed by atoms with Crippen molar-refractivity contribution in [2.24, 2.45) is 0 Å². The summed E-state index contributed by atoms with van der Waals surface area (Å²) in [5, 5.41) is 0. The quantitative estimate of drug-likeness (QED) is 0.740. The molecule has 1 aromatic rings. The van der Waals surface area contributed by atoms with Crippen molar-refractivity contribution >= 4 is 25.8 Å². The molecule has 0 atom stereocenters. The molecule has 0 fully saturated rings. The highest BCUT2D eigenvalue weighted by molar-refractivity contribution is 8.13. The minimum absolute atomic E-state index is 0.178. The lowest BCUT2D eigenvalue weighted by Crippen LogP contribution is -2.37. The van der Waals surface area contributed by atoms with Gasteiger partial charge in [0.2, 0.25) is 9.05 Å². The van der Waals surface area contributed by atoms with Crippen molar-refractivity contribution in [2.75, 3.05) is 12.3 Å². The number of halogens is 1. The van der Waals surface area contributed by atoms with E-state index in [4.69, 9.17) is 15.4 Å². The van der Waals surface area contributed by atoms with E-state index >= 15 is 0 Å². The Hall–Kier alpha value is -1.27. The number of nitrogens with zero attached hydrogens (tertiary/aromatic N) is 1. The molecule has 1 rings (SSSR count). The van der Waals surface area contributed by atoms with E-state index in [1.54, 1.807) is 20.8 Å². The summed E-state index contributed by atoms with van der Waals surface area (Å²) in [5.41, 5.74) is 0.340. The van der Waals surface area contributed by atoms with Gasteiger partial charge in [0.25, 0.3) is 0 Å². The number of carbonyl (C=O) groups excluding carboxylic acids is 1. The summed E-state index contributed by atoms with van der Waals surface area (Å²) in [6, 6.07) is 9.45. The standard InChI is InChI=1S/C15H22ClNO4S/c1-15(2,3)21-14(18)17(10-7-11-22(16,19)20)12-13-8-5-4-6-9-13/h4-6,8-9H,7,10-12H2,1-3H3. The molecule has 0 unspecified atom stereocenters. The smallest absolute Gasteiger partial charge is 0.410 e. The molecule has 0 radical (unpaired) electrons. The summed E-state index contributed by atoms with van der Waals surface area (Å²) in [6.07, 6.45) is -0.207. The molecule has 7 heteroatoms. The highest BCUT2D eigenvalue weighted by Crippen LogP contribution is 2.13. The second-order valence-electron chi connectivity index (χ2n) is 5.98. The summed E-state index contributed by atoms with van der Waals surface area (Å²) < 4.78 is 27.4. The number of amides is 1. The first-order valence-electron chi connectivity index (χ1n) is 7.01. The van der Waals surface area contributed by atoms with Gasteiger partial charge in [0.1, 0.15) is 5.60 Å². The first kappa shape index (κ1) is 18.8. The van der Waals surface area contributed by atoms with Gasteiger partial charge in [-0.3, -0.25) is 0 Å². The highest BCUT2D eigenvalue weighted by Gasteiger charge is 2.22. The molecule has 1 amide bonds. The number of ether oxygens (including phenoxy) is 1. The Morgan fingerprint density at radius 1 is 1.23 bits per heavy atom. The molecule has 0 aliphatic rings. The fraction of sp³-hybridized carbons (Fsp3) is 0.533. The molecule has 22 heavy (non-hydrogen) atoms. The van der Waals surface area contributed by atoms with Crippen LogP contribution in [0.2, 0.25) is 0 Å². The lowest BCUT2D eigenvalue weighted by molar-refractivity contribution is 0.0234. The maximum atomic E-state index is 12.2. The number of benzene rings is 1. The van der Waals surface area contributed by atoms with Crippen LogP contribution in [0.5, 0.6) is 0 Å². The first-order valence-corrected chi connectivity index (χ1v) is 9.49. The molecular weight excluding hydrogens is 326 g/mol. The number of hydrogen-bond acceptors (Lipinski definition) is 4. The molecule has 1 aromatic carbocycles. The van der Waals surface area contributed by atoms with E-state index in [-0.39, 0.29) is 18.7 Å². The van der Waals surface area contributed by atoms with Crippen molar-refractivity contribution in [3.8, 4) is 0 Å². The predicted molar refractivity (Wildman–Crippen MR) is 87.3 cm³/mol. The van der Waals surface area contributed by atoms with Crippen LogP contribution in [0, 0.1) is 0 Å². The van der Waals surface area contributed by atoms with Gasteiger partial charge >= 0.3 is 6.09 Å². The third-order valence-electron chi connectivity index (χ3n) is 2.68. The Kier molecular flexibility index (Phi) is 6.68. The molecule has 0 saturated heterocycles. The minimum atomic E-state index is -3.56. The Bertz CT molecular complexity index is 581. The summed E-state index contributed by atoms with van der Waals surface area (Å²) >= 11 is 0. The van der Waals surface area contributed by atoms with Crippen molar-refractivity contribution in [1.82, 2.24) is 4.90 Å². The van der Waals surface area contributed by atoms with Gasteiger partial charge < -0.3 is 9.64 Å². The Labute approximate surface area is 136 Å². The van der Waals surface area contributed by atoms with Crippen LogP contribution in [0.15, 0.2) is 30.3 Å². The summed E-state index contributed by atoms with van der Waals surface area (Å²) in [7, 11) is 1.64. The molecule has 0 aliphatic heterocycles. The van der Waals surface area contributed by atoms with Crippen LogP contribution in [0.1, 0.15) is 32.8 Å². The van der Waals surface area contributed by atoms with Crippen LogP contribution in [0.4, 0.5) is 4.79 Å². The SMILES string of the molecule is CC(C)(C)OC(=O)N(CCCS(=O)(=O)Cl)Cc1ccccc1. The van der Waals surface area contributed by atoms with Gasteiger partial charge in [0.15, 0.2) is 0 Å². The lowest BCUT2D eigenvalue weighted by Gasteiger charge is -2.27. The molecule has 0 saturated carbocycles. The average Bonchev–Trinajstić information content (AvgIpc) is 2.35. The zero-order valence-corrected chi connectivity index (χ0v) is 14.7. The maximum absolute atomic E-state index is 12.2. The Balaban J connectivity index is 2.74. The van der Waals surface area contributed by atoms with Gasteiger partial charge in [0, 0.05) is 23.8 Å². The van der Waals surface area contributed by atoms with Crippen LogP contribution in [0.3, 0.4) is 0 Å². The van der Waals surface area contributed by atoms with Crippen molar-refractivity contribution in [3.05, 3.63) is 35.9 Å². The Morgan fingerprint density at radius 3 is 2.32 bits per heavy atom. The second kappa shape index (κ2) is 7.83. The third kappa shape index (κ3) is 8.24. The number of rotatable bonds is 6. The van der Waals surface area contributed by atoms with Crippen molar-refractivity contribution in [3.63, 3.8) is 0 Å². The third-order valence-corrected chi connectivity index (χ3v) is 3.92. The van der Waals surface area contributed by atoms with E-state index in [0.29, 0.717) is 6.54 Å².